The number of nitrogens with one attached hydrogen (secondary N) is 2. The summed E-state index contributed by atoms with van der Waals surface area (Å²) < 4.78 is 2.14. The first kappa shape index (κ1) is 12.9. The highest BCUT2D eigenvalue weighted by atomic mass is 15.1. The zero-order valence-electron chi connectivity index (χ0n) is 12.3. The number of hydrogen-bond donors (Lipinski definition) is 2. The van der Waals surface area contributed by atoms with Gasteiger partial charge in [-0.05, 0) is 33.0 Å². The molecule has 104 valence electrons. The molecule has 0 aliphatic heterocycles. The number of imidazole rings is 2. The Balaban J connectivity index is 2.18. The topological polar surface area (TPSA) is 58.5 Å². The summed E-state index contributed by atoms with van der Waals surface area (Å²) >= 11 is 0. The lowest BCUT2D eigenvalue weighted by atomic mass is 10.1. The van der Waals surface area contributed by atoms with Gasteiger partial charge < -0.3 is 14.9 Å². The summed E-state index contributed by atoms with van der Waals surface area (Å²) in [4.78, 5) is 12.4. The third kappa shape index (κ3) is 2.00. The van der Waals surface area contributed by atoms with Crippen molar-refractivity contribution in [1.82, 2.24) is 24.8 Å². The predicted octanol–water partition coefficient (Wildman–Crippen LogP) is 2.30. The van der Waals surface area contributed by atoms with Crippen LogP contribution >= 0.6 is 0 Å². The van der Waals surface area contributed by atoms with Crippen molar-refractivity contribution in [1.29, 1.82) is 0 Å². The van der Waals surface area contributed by atoms with Gasteiger partial charge in [-0.1, -0.05) is 6.07 Å². The SMILES string of the molecule is CNCc1nc(C)n(C)c1-c1ccc2nc(C)[nH]c2c1. The van der Waals surface area contributed by atoms with Crippen molar-refractivity contribution in [3.63, 3.8) is 0 Å². The zero-order chi connectivity index (χ0) is 14.3. The molecule has 0 spiro atoms. The Morgan fingerprint density at radius 3 is 2.80 bits per heavy atom. The van der Waals surface area contributed by atoms with Crippen molar-refractivity contribution in [2.45, 2.75) is 20.4 Å². The Morgan fingerprint density at radius 2 is 2.05 bits per heavy atom. The lowest BCUT2D eigenvalue weighted by molar-refractivity contribution is 0.796. The number of H-pyrrole nitrogens is 1. The summed E-state index contributed by atoms with van der Waals surface area (Å²) in [5.74, 6) is 1.96. The van der Waals surface area contributed by atoms with Crippen LogP contribution in [0.25, 0.3) is 22.3 Å². The highest BCUT2D eigenvalue weighted by molar-refractivity contribution is 5.81. The predicted molar refractivity (Wildman–Crippen MR) is 80.5 cm³/mol. The first-order valence-electron chi connectivity index (χ1n) is 6.73. The van der Waals surface area contributed by atoms with Gasteiger partial charge in [0.1, 0.15) is 11.6 Å². The van der Waals surface area contributed by atoms with E-state index in [1.807, 2.05) is 20.9 Å². The van der Waals surface area contributed by atoms with Crippen molar-refractivity contribution in [3.05, 3.63) is 35.5 Å². The van der Waals surface area contributed by atoms with Gasteiger partial charge in [-0.15, -0.1) is 0 Å². The standard InChI is InChI=1S/C15H19N5/c1-9-17-12-6-5-11(7-13(12)18-9)15-14(8-16-3)19-10(2)20(15)4/h5-7,16H,8H2,1-4H3,(H,17,18). The Morgan fingerprint density at radius 1 is 1.25 bits per heavy atom. The summed E-state index contributed by atoms with van der Waals surface area (Å²) in [7, 11) is 3.99. The number of rotatable bonds is 3. The minimum Gasteiger partial charge on any atom is -0.342 e. The third-order valence-corrected chi connectivity index (χ3v) is 3.61. The van der Waals surface area contributed by atoms with Gasteiger partial charge in [0.2, 0.25) is 0 Å². The van der Waals surface area contributed by atoms with E-state index in [1.54, 1.807) is 0 Å². The number of aromatic nitrogens is 4. The fraction of sp³-hybridized carbons (Fsp3) is 0.333. The first-order valence-corrected chi connectivity index (χ1v) is 6.73. The average molecular weight is 269 g/mol. The van der Waals surface area contributed by atoms with Crippen LogP contribution in [0.15, 0.2) is 18.2 Å². The Bertz CT molecular complexity index is 766. The molecule has 0 atom stereocenters. The summed E-state index contributed by atoms with van der Waals surface area (Å²) in [5, 5.41) is 3.18. The molecule has 0 radical (unpaired) electrons. The van der Waals surface area contributed by atoms with Crippen LogP contribution in [0, 0.1) is 13.8 Å². The summed E-state index contributed by atoms with van der Waals surface area (Å²) in [6, 6.07) is 6.31. The molecule has 3 rings (SSSR count). The van der Waals surface area contributed by atoms with E-state index in [9.17, 15) is 0 Å². The van der Waals surface area contributed by atoms with Crippen molar-refractivity contribution in [2.24, 2.45) is 7.05 Å². The van der Waals surface area contributed by atoms with Gasteiger partial charge in [0.25, 0.3) is 0 Å². The van der Waals surface area contributed by atoms with Crippen LogP contribution in [0.1, 0.15) is 17.3 Å². The molecular formula is C15H19N5. The second-order valence-corrected chi connectivity index (χ2v) is 5.10. The summed E-state index contributed by atoms with van der Waals surface area (Å²) in [6.07, 6.45) is 0. The van der Waals surface area contributed by atoms with E-state index < -0.39 is 0 Å². The number of aromatic amines is 1. The van der Waals surface area contributed by atoms with Crippen LogP contribution in [0.5, 0.6) is 0 Å². The fourth-order valence-corrected chi connectivity index (χ4v) is 2.61. The largest absolute Gasteiger partial charge is 0.342 e. The molecule has 0 fully saturated rings. The molecule has 0 saturated heterocycles. The molecule has 1 aromatic carbocycles. The number of fused-ring (bicyclic) bond motifs is 1. The Hall–Kier alpha value is -2.14. The van der Waals surface area contributed by atoms with Crippen molar-refractivity contribution in [2.75, 3.05) is 7.05 Å². The van der Waals surface area contributed by atoms with Gasteiger partial charge in [-0.25, -0.2) is 9.97 Å². The molecule has 0 amide bonds. The molecule has 0 bridgehead atoms. The van der Waals surface area contributed by atoms with E-state index >= 15 is 0 Å². The smallest absolute Gasteiger partial charge is 0.106 e. The van der Waals surface area contributed by atoms with Crippen LogP contribution in [-0.2, 0) is 13.6 Å². The van der Waals surface area contributed by atoms with Crippen LogP contribution < -0.4 is 5.32 Å². The number of benzene rings is 1. The van der Waals surface area contributed by atoms with E-state index in [4.69, 9.17) is 0 Å². The lowest BCUT2D eigenvalue weighted by Crippen LogP contribution is -2.07. The molecule has 0 aliphatic carbocycles. The molecule has 2 N–H and O–H groups in total. The molecule has 5 nitrogen and oxygen atoms in total. The van der Waals surface area contributed by atoms with E-state index in [0.29, 0.717) is 0 Å². The van der Waals surface area contributed by atoms with Crippen LogP contribution in [0.2, 0.25) is 0 Å². The number of hydrogen-bond acceptors (Lipinski definition) is 3. The maximum atomic E-state index is 4.64. The van der Waals surface area contributed by atoms with Crippen LogP contribution in [0.4, 0.5) is 0 Å². The van der Waals surface area contributed by atoms with E-state index in [1.165, 1.54) is 0 Å². The zero-order valence-corrected chi connectivity index (χ0v) is 12.3. The van der Waals surface area contributed by atoms with Crippen molar-refractivity contribution < 1.29 is 0 Å². The molecule has 3 aromatic rings. The molecule has 20 heavy (non-hydrogen) atoms. The third-order valence-electron chi connectivity index (χ3n) is 3.61. The lowest BCUT2D eigenvalue weighted by Gasteiger charge is -2.07. The fourth-order valence-electron chi connectivity index (χ4n) is 2.61. The molecular weight excluding hydrogens is 250 g/mol. The van der Waals surface area contributed by atoms with Gasteiger partial charge in [0, 0.05) is 19.2 Å². The van der Waals surface area contributed by atoms with Gasteiger partial charge >= 0.3 is 0 Å². The highest BCUT2D eigenvalue weighted by Gasteiger charge is 2.14. The number of aryl methyl sites for hydroxylation is 2. The van der Waals surface area contributed by atoms with Gasteiger partial charge in [0.15, 0.2) is 0 Å². The molecule has 2 aromatic heterocycles. The van der Waals surface area contributed by atoms with Crippen LogP contribution in [0.3, 0.4) is 0 Å². The van der Waals surface area contributed by atoms with E-state index in [0.717, 1.165) is 46.2 Å². The quantitative estimate of drug-likeness (QED) is 0.767. The second kappa shape index (κ2) is 4.76. The minimum atomic E-state index is 0.761. The van der Waals surface area contributed by atoms with Gasteiger partial charge in [0.05, 0.1) is 22.4 Å². The normalized spacial score (nSPS) is 11.4. The molecule has 5 heteroatoms. The average Bonchev–Trinajstić information content (AvgIpc) is 2.90. The summed E-state index contributed by atoms with van der Waals surface area (Å²) in [6.45, 7) is 4.76. The molecule has 0 saturated carbocycles. The maximum Gasteiger partial charge on any atom is 0.106 e. The molecule has 0 unspecified atom stereocenters. The van der Waals surface area contributed by atoms with E-state index in [-0.39, 0.29) is 0 Å². The molecule has 0 aliphatic rings. The first-order chi connectivity index (χ1) is 9.60. The Kier molecular flexibility index (Phi) is 3.06. The van der Waals surface area contributed by atoms with Crippen molar-refractivity contribution >= 4 is 11.0 Å². The monoisotopic (exact) mass is 269 g/mol. The maximum absolute atomic E-state index is 4.64. The van der Waals surface area contributed by atoms with Gasteiger partial charge in [-0.2, -0.15) is 0 Å². The van der Waals surface area contributed by atoms with Crippen LogP contribution in [-0.4, -0.2) is 26.6 Å². The Labute approximate surface area is 118 Å². The number of nitrogens with zero attached hydrogens (tertiary/aromatic N) is 3. The second-order valence-electron chi connectivity index (χ2n) is 5.10. The summed E-state index contributed by atoms with van der Waals surface area (Å²) in [5.41, 5.74) is 5.46. The minimum absolute atomic E-state index is 0.761. The molecule has 2 heterocycles. The van der Waals surface area contributed by atoms with E-state index in [2.05, 4.69) is 50.1 Å². The van der Waals surface area contributed by atoms with Crippen molar-refractivity contribution in [3.8, 4) is 11.3 Å². The highest BCUT2D eigenvalue weighted by Crippen LogP contribution is 2.27. The van der Waals surface area contributed by atoms with Gasteiger partial charge in [-0.3, -0.25) is 0 Å².